The van der Waals surface area contributed by atoms with Gasteiger partial charge < -0.3 is 0 Å². The summed E-state index contributed by atoms with van der Waals surface area (Å²) < 4.78 is 0. The van der Waals surface area contributed by atoms with Crippen molar-refractivity contribution in [1.29, 1.82) is 0 Å². The number of hydrogen-bond donors (Lipinski definition) is 0. The van der Waals surface area contributed by atoms with Crippen LogP contribution >= 0.6 is 0 Å². The largest absolute Gasteiger partial charge is 0.0651 e. The van der Waals surface area contributed by atoms with E-state index in [4.69, 9.17) is 0 Å². The predicted molar refractivity (Wildman–Crippen MR) is 138 cm³/mol. The van der Waals surface area contributed by atoms with Gasteiger partial charge in [0.2, 0.25) is 0 Å². The van der Waals surface area contributed by atoms with Crippen LogP contribution in [0.4, 0.5) is 0 Å². The minimum Gasteiger partial charge on any atom is -0.0651 e. The Morgan fingerprint density at radius 3 is 2.27 bits per heavy atom. The van der Waals surface area contributed by atoms with Crippen molar-refractivity contribution in [2.45, 2.75) is 107 Å². The molecule has 186 valence electrons. The van der Waals surface area contributed by atoms with Crippen LogP contribution in [0, 0.1) is 99.1 Å². The molecule has 0 aliphatic heterocycles. The molecule has 10 aliphatic rings. The summed E-state index contributed by atoms with van der Waals surface area (Å²) in [4.78, 5) is 0. The standard InChI is InChI=1S/C33H54/c1-9-22-20(8)28-25(19(7)14-17(3)4)27(18(5)6)32(10-2)29(22)30-26-23-13-11-12-21-15-31(23,28)24(26)16-33(21,30)32/h17-30H,9-16H2,1-8H3. The molecule has 15 unspecified atom stereocenters. The molecule has 0 saturated heterocycles. The molecule has 9 bridgehead atoms. The van der Waals surface area contributed by atoms with Gasteiger partial charge in [0.1, 0.15) is 0 Å². The molecule has 10 fully saturated rings. The summed E-state index contributed by atoms with van der Waals surface area (Å²) in [5.74, 6) is 14.4. The molecule has 2 spiro atoms. The first kappa shape index (κ1) is 22.2. The average molecular weight is 451 g/mol. The summed E-state index contributed by atoms with van der Waals surface area (Å²) in [6.45, 7) is 21.2. The van der Waals surface area contributed by atoms with Gasteiger partial charge in [0.25, 0.3) is 0 Å². The fourth-order valence-corrected chi connectivity index (χ4v) is 15.8. The van der Waals surface area contributed by atoms with Crippen LogP contribution in [0.5, 0.6) is 0 Å². The highest BCUT2D eigenvalue weighted by Crippen LogP contribution is 2.97. The highest BCUT2D eigenvalue weighted by molar-refractivity contribution is 5.40. The minimum absolute atomic E-state index is 0.669. The lowest BCUT2D eigenvalue weighted by atomic mass is 9.27. The molecule has 10 aliphatic carbocycles. The normalized spacial score (nSPS) is 62.2. The Morgan fingerprint density at radius 1 is 0.879 bits per heavy atom. The first-order valence-electron chi connectivity index (χ1n) is 15.7. The average Bonchev–Trinajstić information content (AvgIpc) is 2.92. The van der Waals surface area contributed by atoms with Crippen molar-refractivity contribution in [3.63, 3.8) is 0 Å². The SMILES string of the molecule is CCC1C(C)C2C(C(C)CC(C)C)C(C(C)C)C3(CC)C1C1C4C5CCCC6CC52C4CC613. The maximum absolute atomic E-state index is 2.83. The lowest BCUT2D eigenvalue weighted by Gasteiger charge is -2.77. The molecule has 0 nitrogen and oxygen atoms in total. The quantitative estimate of drug-likeness (QED) is 0.379. The van der Waals surface area contributed by atoms with Gasteiger partial charge in [-0.1, -0.05) is 68.2 Å². The lowest BCUT2D eigenvalue weighted by molar-refractivity contribution is -0.298. The van der Waals surface area contributed by atoms with Gasteiger partial charge in [0, 0.05) is 0 Å². The number of rotatable bonds is 6. The molecule has 0 N–H and O–H groups in total. The van der Waals surface area contributed by atoms with Crippen LogP contribution in [0.2, 0.25) is 0 Å². The third-order valence-corrected chi connectivity index (χ3v) is 15.1. The van der Waals surface area contributed by atoms with E-state index in [1.165, 1.54) is 19.3 Å². The third kappa shape index (κ3) is 2.00. The Kier molecular flexibility index (Phi) is 4.48. The van der Waals surface area contributed by atoms with E-state index in [9.17, 15) is 0 Å². The van der Waals surface area contributed by atoms with Crippen molar-refractivity contribution in [3.05, 3.63) is 0 Å². The van der Waals surface area contributed by atoms with Crippen LogP contribution in [-0.4, -0.2) is 0 Å². The summed E-state index contributed by atoms with van der Waals surface area (Å²) in [6.07, 6.45) is 12.6. The lowest BCUT2D eigenvalue weighted by Crippen LogP contribution is -2.72. The Bertz CT molecular complexity index is 824. The zero-order valence-electron chi connectivity index (χ0n) is 23.2. The van der Waals surface area contributed by atoms with Crippen molar-refractivity contribution in [2.75, 3.05) is 0 Å². The molecular weight excluding hydrogens is 396 g/mol. The first-order chi connectivity index (χ1) is 15.7. The van der Waals surface area contributed by atoms with Crippen LogP contribution in [-0.2, 0) is 0 Å². The van der Waals surface area contributed by atoms with Crippen molar-refractivity contribution in [2.24, 2.45) is 99.1 Å². The summed E-state index contributed by atoms with van der Waals surface area (Å²) in [6, 6.07) is 0. The maximum atomic E-state index is 2.83. The summed E-state index contributed by atoms with van der Waals surface area (Å²) in [5, 5.41) is 0. The van der Waals surface area contributed by atoms with Gasteiger partial charge in [-0.05, 0) is 138 Å². The van der Waals surface area contributed by atoms with Gasteiger partial charge in [-0.2, -0.15) is 0 Å². The molecule has 0 heterocycles. The molecule has 10 rings (SSSR count). The Balaban J connectivity index is 1.55. The van der Waals surface area contributed by atoms with Gasteiger partial charge in [-0.15, -0.1) is 0 Å². The minimum atomic E-state index is 0.669. The van der Waals surface area contributed by atoms with Crippen LogP contribution in [0.25, 0.3) is 0 Å². The van der Waals surface area contributed by atoms with E-state index in [0.29, 0.717) is 5.41 Å². The summed E-state index contributed by atoms with van der Waals surface area (Å²) in [5.41, 5.74) is 2.19. The van der Waals surface area contributed by atoms with Crippen molar-refractivity contribution >= 4 is 0 Å². The summed E-state index contributed by atoms with van der Waals surface area (Å²) in [7, 11) is 0. The molecule has 0 amide bonds. The molecule has 0 heteroatoms. The van der Waals surface area contributed by atoms with E-state index in [0.717, 1.165) is 93.7 Å². The second-order valence-corrected chi connectivity index (χ2v) is 15.8. The topological polar surface area (TPSA) is 0 Å². The van der Waals surface area contributed by atoms with Gasteiger partial charge in [-0.3, -0.25) is 0 Å². The zero-order valence-corrected chi connectivity index (χ0v) is 23.2. The fraction of sp³-hybridized carbons (Fsp3) is 1.00. The predicted octanol–water partition coefficient (Wildman–Crippen LogP) is 8.95. The van der Waals surface area contributed by atoms with Crippen LogP contribution < -0.4 is 0 Å². The monoisotopic (exact) mass is 450 g/mol. The third-order valence-electron chi connectivity index (χ3n) is 15.1. The molecule has 15 atom stereocenters. The highest BCUT2D eigenvalue weighted by atomic mass is 15.0. The Morgan fingerprint density at radius 2 is 1.64 bits per heavy atom. The van der Waals surface area contributed by atoms with Crippen molar-refractivity contribution in [1.82, 2.24) is 0 Å². The Hall–Kier alpha value is 0. The highest BCUT2D eigenvalue weighted by Gasteiger charge is 2.93. The van der Waals surface area contributed by atoms with Crippen molar-refractivity contribution < 1.29 is 0 Å². The van der Waals surface area contributed by atoms with Gasteiger partial charge in [-0.25, -0.2) is 0 Å². The molecule has 33 heavy (non-hydrogen) atoms. The second-order valence-electron chi connectivity index (χ2n) is 15.8. The second kappa shape index (κ2) is 6.65. The van der Waals surface area contributed by atoms with Crippen LogP contribution in [0.15, 0.2) is 0 Å². The van der Waals surface area contributed by atoms with Crippen LogP contribution in [0.1, 0.15) is 107 Å². The molecule has 0 aromatic carbocycles. The van der Waals surface area contributed by atoms with Crippen LogP contribution in [0.3, 0.4) is 0 Å². The maximum Gasteiger partial charge on any atom is -0.0170 e. The zero-order chi connectivity index (χ0) is 23.2. The van der Waals surface area contributed by atoms with Gasteiger partial charge in [0.05, 0.1) is 0 Å². The number of hydrogen-bond acceptors (Lipinski definition) is 0. The molecule has 0 aromatic rings. The van der Waals surface area contributed by atoms with E-state index in [-0.39, 0.29) is 0 Å². The van der Waals surface area contributed by atoms with Gasteiger partial charge >= 0.3 is 0 Å². The van der Waals surface area contributed by atoms with E-state index in [1.54, 1.807) is 32.1 Å². The van der Waals surface area contributed by atoms with Crippen molar-refractivity contribution in [3.8, 4) is 0 Å². The van der Waals surface area contributed by atoms with Gasteiger partial charge in [0.15, 0.2) is 0 Å². The summed E-state index contributed by atoms with van der Waals surface area (Å²) >= 11 is 0. The fourth-order valence-electron chi connectivity index (χ4n) is 15.8. The molecular formula is C33H54. The smallest absolute Gasteiger partial charge is 0.0170 e. The molecule has 0 aromatic heterocycles. The molecule has 0 radical (unpaired) electrons. The molecule has 10 saturated carbocycles. The first-order valence-corrected chi connectivity index (χ1v) is 15.7. The van der Waals surface area contributed by atoms with E-state index in [1.807, 2.05) is 0 Å². The van der Waals surface area contributed by atoms with E-state index < -0.39 is 0 Å². The van der Waals surface area contributed by atoms with E-state index >= 15 is 0 Å². The van der Waals surface area contributed by atoms with E-state index in [2.05, 4.69) is 55.4 Å². The Labute approximate surface area is 205 Å².